The van der Waals surface area contributed by atoms with E-state index in [2.05, 4.69) is 0 Å². The van der Waals surface area contributed by atoms with Gasteiger partial charge in [0.2, 0.25) is 0 Å². The average molecular weight is 523 g/mol. The van der Waals surface area contributed by atoms with Gasteiger partial charge in [-0.25, -0.2) is 0 Å². The van der Waals surface area contributed by atoms with Crippen molar-refractivity contribution in [3.05, 3.63) is 29.8 Å². The van der Waals surface area contributed by atoms with Crippen molar-refractivity contribution in [2.24, 2.45) is 0 Å². The smallest absolute Gasteiger partial charge is 0.303 e. The van der Waals surface area contributed by atoms with E-state index in [1.54, 1.807) is 6.07 Å². The van der Waals surface area contributed by atoms with Gasteiger partial charge in [-0.15, -0.1) is 0 Å². The molecule has 0 saturated carbocycles. The Morgan fingerprint density at radius 2 is 1.43 bits per heavy atom. The van der Waals surface area contributed by atoms with Gasteiger partial charge in [-0.1, -0.05) is 12.1 Å². The summed E-state index contributed by atoms with van der Waals surface area (Å²) in [4.78, 5) is 59.8. The number of hydrogen-bond donors (Lipinski definition) is 1. The van der Waals surface area contributed by atoms with Crippen LogP contribution in [0.1, 0.15) is 39.7 Å². The molecule has 1 aromatic rings. The lowest BCUT2D eigenvalue weighted by molar-refractivity contribution is -0.252. The maximum absolute atomic E-state index is 12.8. The Bertz CT molecular complexity index is 1050. The van der Waals surface area contributed by atoms with Crippen LogP contribution in [0.5, 0.6) is 11.5 Å². The largest absolute Gasteiger partial charge is 0.504 e. The van der Waals surface area contributed by atoms with E-state index in [0.717, 1.165) is 20.8 Å². The lowest BCUT2D eigenvalue weighted by Crippen LogP contribution is -2.62. The summed E-state index contributed by atoms with van der Waals surface area (Å²) in [6.07, 6.45) is -3.83. The van der Waals surface area contributed by atoms with Crippen molar-refractivity contribution in [1.82, 2.24) is 0 Å². The van der Waals surface area contributed by atoms with E-state index in [1.165, 1.54) is 38.3 Å². The van der Waals surface area contributed by atoms with Gasteiger partial charge in [0.1, 0.15) is 18.8 Å². The minimum Gasteiger partial charge on any atom is -0.504 e. The molecule has 0 radical (unpaired) electrons. The first-order valence-corrected chi connectivity index (χ1v) is 11.3. The quantitative estimate of drug-likeness (QED) is 0.268. The number of carbonyl (C=O) groups is 5. The zero-order valence-corrected chi connectivity index (χ0v) is 21.1. The maximum atomic E-state index is 12.8. The van der Waals surface area contributed by atoms with Gasteiger partial charge in [0.05, 0.1) is 7.11 Å². The van der Waals surface area contributed by atoms with Crippen LogP contribution < -0.4 is 4.74 Å². The summed E-state index contributed by atoms with van der Waals surface area (Å²) < 4.78 is 32.0. The molecular weight excluding hydrogens is 492 g/mol. The molecular formula is C25H30O12. The minimum absolute atomic E-state index is 0.0662. The molecule has 1 N–H and O–H groups in total. The number of phenolic OH excluding ortho intramolecular Hbond substituents is 1. The van der Waals surface area contributed by atoms with Crippen molar-refractivity contribution in [3.8, 4) is 11.5 Å². The number of ether oxygens (including phenoxy) is 6. The van der Waals surface area contributed by atoms with Crippen molar-refractivity contribution in [2.45, 2.75) is 64.6 Å². The molecule has 37 heavy (non-hydrogen) atoms. The molecule has 1 aliphatic rings. The minimum atomic E-state index is -1.34. The van der Waals surface area contributed by atoms with Crippen LogP contribution in [-0.2, 0) is 47.7 Å². The Kier molecular flexibility index (Phi) is 10.6. The standard InChI is InChI=1S/C25H30O12/c1-13(26)33-12-22-24(35-15(3)28)25(36-16(4)29)23(34-14(2)27)21(37-22)11-18(30)8-6-17-7-9-19(31)20(10-17)32-5/h6-10,21-25,31H,11-12H2,1-5H3/b8-6+/t21-,22+,23-,24+,25+/m0/s1. The third kappa shape index (κ3) is 8.90. The summed E-state index contributed by atoms with van der Waals surface area (Å²) in [6.45, 7) is 4.13. The van der Waals surface area contributed by atoms with Crippen molar-refractivity contribution in [3.63, 3.8) is 0 Å². The summed E-state index contributed by atoms with van der Waals surface area (Å²) in [6, 6.07) is 4.49. The van der Waals surface area contributed by atoms with Crippen LogP contribution in [0, 0.1) is 0 Å². The van der Waals surface area contributed by atoms with E-state index in [0.29, 0.717) is 5.56 Å². The van der Waals surface area contributed by atoms with Crippen LogP contribution in [0.25, 0.3) is 6.08 Å². The predicted molar refractivity (Wildman–Crippen MR) is 125 cm³/mol. The van der Waals surface area contributed by atoms with Gasteiger partial charge < -0.3 is 33.5 Å². The highest BCUT2D eigenvalue weighted by atomic mass is 16.7. The predicted octanol–water partition coefficient (Wildman–Crippen LogP) is 1.50. The van der Waals surface area contributed by atoms with Crippen molar-refractivity contribution in [2.75, 3.05) is 13.7 Å². The number of hydrogen-bond acceptors (Lipinski definition) is 12. The van der Waals surface area contributed by atoms with Crippen LogP contribution in [0.4, 0.5) is 0 Å². The number of carbonyl (C=O) groups excluding carboxylic acids is 5. The van der Waals surface area contributed by atoms with Gasteiger partial charge in [0.25, 0.3) is 0 Å². The van der Waals surface area contributed by atoms with Gasteiger partial charge in [-0.2, -0.15) is 0 Å². The third-order valence-corrected chi connectivity index (χ3v) is 5.15. The van der Waals surface area contributed by atoms with E-state index in [-0.39, 0.29) is 24.5 Å². The number of esters is 4. The molecule has 202 valence electrons. The Morgan fingerprint density at radius 1 is 0.865 bits per heavy atom. The molecule has 0 aliphatic carbocycles. The van der Waals surface area contributed by atoms with Gasteiger partial charge >= 0.3 is 23.9 Å². The van der Waals surface area contributed by atoms with E-state index in [1.807, 2.05) is 0 Å². The average Bonchev–Trinajstić information content (AvgIpc) is 2.80. The number of ketones is 1. The molecule has 12 nitrogen and oxygen atoms in total. The zero-order chi connectivity index (χ0) is 27.7. The van der Waals surface area contributed by atoms with Gasteiger partial charge in [0, 0.05) is 34.1 Å². The second-order valence-electron chi connectivity index (χ2n) is 8.17. The van der Waals surface area contributed by atoms with Crippen LogP contribution in [0.3, 0.4) is 0 Å². The third-order valence-electron chi connectivity index (χ3n) is 5.15. The lowest BCUT2D eigenvalue weighted by atomic mass is 9.91. The molecule has 1 aromatic carbocycles. The fourth-order valence-electron chi connectivity index (χ4n) is 3.74. The molecule has 0 aromatic heterocycles. The van der Waals surface area contributed by atoms with Crippen LogP contribution in [-0.4, -0.2) is 79.0 Å². The molecule has 1 aliphatic heterocycles. The van der Waals surface area contributed by atoms with Gasteiger partial charge in [0.15, 0.2) is 35.6 Å². The number of rotatable bonds is 10. The van der Waals surface area contributed by atoms with Gasteiger partial charge in [-0.05, 0) is 23.8 Å². The molecule has 5 atom stereocenters. The molecule has 12 heteroatoms. The number of allylic oxidation sites excluding steroid dienone is 1. The summed E-state index contributed by atoms with van der Waals surface area (Å²) in [5.41, 5.74) is 0.560. The monoisotopic (exact) mass is 522 g/mol. The first-order chi connectivity index (χ1) is 17.4. The molecule has 1 saturated heterocycles. The van der Waals surface area contributed by atoms with Crippen molar-refractivity contribution in [1.29, 1.82) is 0 Å². The SMILES string of the molecule is COc1cc(/C=C/C(=O)C[C@@H]2O[C@H](COC(C)=O)[C@@H](OC(C)=O)[C@H](OC(C)=O)[C@H]2OC(C)=O)ccc1O. The van der Waals surface area contributed by atoms with E-state index >= 15 is 0 Å². The Balaban J connectivity index is 2.36. The molecule has 1 heterocycles. The zero-order valence-electron chi connectivity index (χ0n) is 21.1. The molecule has 0 bridgehead atoms. The second kappa shape index (κ2) is 13.4. The van der Waals surface area contributed by atoms with Crippen molar-refractivity contribution < 1.29 is 57.5 Å². The summed E-state index contributed by atoms with van der Waals surface area (Å²) >= 11 is 0. The summed E-state index contributed by atoms with van der Waals surface area (Å²) in [7, 11) is 1.39. The molecule has 1 fully saturated rings. The highest BCUT2D eigenvalue weighted by molar-refractivity contribution is 5.94. The number of benzene rings is 1. The lowest BCUT2D eigenvalue weighted by Gasteiger charge is -2.44. The Labute approximate surface area is 213 Å². The van der Waals surface area contributed by atoms with Crippen molar-refractivity contribution >= 4 is 35.7 Å². The highest BCUT2D eigenvalue weighted by Gasteiger charge is 2.52. The Morgan fingerprint density at radius 3 is 1.97 bits per heavy atom. The summed E-state index contributed by atoms with van der Waals surface area (Å²) in [5.74, 6) is -3.21. The Hall–Kier alpha value is -3.93. The first kappa shape index (κ1) is 29.3. The van der Waals surface area contributed by atoms with Crippen LogP contribution in [0.2, 0.25) is 0 Å². The maximum Gasteiger partial charge on any atom is 0.303 e. The number of methoxy groups -OCH3 is 1. The molecule has 0 unspecified atom stereocenters. The van der Waals surface area contributed by atoms with Crippen LogP contribution >= 0.6 is 0 Å². The molecule has 0 spiro atoms. The van der Waals surface area contributed by atoms with E-state index < -0.39 is 60.2 Å². The van der Waals surface area contributed by atoms with Gasteiger partial charge in [-0.3, -0.25) is 24.0 Å². The fourth-order valence-corrected chi connectivity index (χ4v) is 3.74. The summed E-state index contributed by atoms with van der Waals surface area (Å²) in [5, 5.41) is 9.72. The first-order valence-electron chi connectivity index (χ1n) is 11.3. The number of phenols is 1. The topological polar surface area (TPSA) is 161 Å². The molecule has 2 rings (SSSR count). The van der Waals surface area contributed by atoms with Crippen LogP contribution in [0.15, 0.2) is 24.3 Å². The molecule has 0 amide bonds. The highest BCUT2D eigenvalue weighted by Crippen LogP contribution is 2.31. The van der Waals surface area contributed by atoms with E-state index in [4.69, 9.17) is 28.4 Å². The fraction of sp³-hybridized carbons (Fsp3) is 0.480. The van der Waals surface area contributed by atoms with E-state index in [9.17, 15) is 29.1 Å². The second-order valence-corrected chi connectivity index (χ2v) is 8.17. The number of aromatic hydroxyl groups is 1. The normalized spacial score (nSPS) is 23.1.